The molecule has 1 N–H and O–H groups in total. The summed E-state index contributed by atoms with van der Waals surface area (Å²) in [6.07, 6.45) is 1.67. The highest BCUT2D eigenvalue weighted by molar-refractivity contribution is 5.72. The molecule has 94 valence electrons. The first-order valence-electron chi connectivity index (χ1n) is 5.48. The number of oxazole rings is 1. The van der Waals surface area contributed by atoms with Gasteiger partial charge in [-0.25, -0.2) is 4.98 Å². The number of hydrogen-bond acceptors (Lipinski definition) is 5. The van der Waals surface area contributed by atoms with Crippen LogP contribution in [0.3, 0.4) is 0 Å². The zero-order valence-corrected chi connectivity index (χ0v) is 9.92. The van der Waals surface area contributed by atoms with Gasteiger partial charge in [-0.2, -0.15) is 0 Å². The third kappa shape index (κ3) is 3.35. The molecule has 0 amide bonds. The number of esters is 1. The summed E-state index contributed by atoms with van der Waals surface area (Å²) in [6.45, 7) is 1.79. The number of hydrogen-bond donors (Lipinski definition) is 1. The fraction of sp³-hybridized carbons (Fsp3) is 0.231. The minimum Gasteiger partial charge on any atom is -0.508 e. The molecule has 2 aromatic rings. The highest BCUT2D eigenvalue weighted by Gasteiger charge is 2.08. The van der Waals surface area contributed by atoms with E-state index in [0.717, 1.165) is 0 Å². The Morgan fingerprint density at radius 3 is 3.00 bits per heavy atom. The molecule has 1 heterocycles. The van der Waals surface area contributed by atoms with E-state index in [0.29, 0.717) is 17.2 Å². The molecule has 0 bridgehead atoms. The smallest absolute Gasteiger partial charge is 0.310 e. The van der Waals surface area contributed by atoms with E-state index >= 15 is 0 Å². The Balaban J connectivity index is 1.85. The van der Waals surface area contributed by atoms with Crippen LogP contribution in [0, 0.1) is 6.92 Å². The topological polar surface area (TPSA) is 72.6 Å². The number of aryl methyl sites for hydroxylation is 1. The van der Waals surface area contributed by atoms with Gasteiger partial charge in [0, 0.05) is 0 Å². The van der Waals surface area contributed by atoms with Gasteiger partial charge < -0.3 is 14.3 Å². The molecule has 0 atom stereocenters. The lowest BCUT2D eigenvalue weighted by atomic mass is 10.1. The van der Waals surface area contributed by atoms with Crippen molar-refractivity contribution in [3.8, 4) is 5.75 Å². The Morgan fingerprint density at radius 2 is 2.33 bits per heavy atom. The molecule has 0 spiro atoms. The molecule has 2 rings (SSSR count). The molecule has 5 nitrogen and oxygen atoms in total. The summed E-state index contributed by atoms with van der Waals surface area (Å²) in [6, 6.07) is 6.49. The van der Waals surface area contributed by atoms with Gasteiger partial charge in [0.25, 0.3) is 0 Å². The van der Waals surface area contributed by atoms with Crippen molar-refractivity contribution in [2.24, 2.45) is 0 Å². The maximum atomic E-state index is 11.5. The number of aromatic nitrogens is 1. The van der Waals surface area contributed by atoms with E-state index in [1.54, 1.807) is 31.3 Å². The molecule has 0 fully saturated rings. The second kappa shape index (κ2) is 5.35. The first-order chi connectivity index (χ1) is 8.63. The quantitative estimate of drug-likeness (QED) is 0.836. The zero-order chi connectivity index (χ0) is 13.0. The van der Waals surface area contributed by atoms with Crippen molar-refractivity contribution >= 4 is 5.97 Å². The molecular formula is C13H13NO4. The van der Waals surface area contributed by atoms with E-state index in [4.69, 9.17) is 9.15 Å². The fourth-order valence-corrected chi connectivity index (χ4v) is 1.49. The normalized spacial score (nSPS) is 10.3. The van der Waals surface area contributed by atoms with Gasteiger partial charge in [-0.15, -0.1) is 0 Å². The average Bonchev–Trinajstić information content (AvgIpc) is 2.73. The van der Waals surface area contributed by atoms with Crippen LogP contribution in [-0.4, -0.2) is 16.1 Å². The van der Waals surface area contributed by atoms with Crippen LogP contribution in [-0.2, 0) is 22.6 Å². The fourth-order valence-electron chi connectivity index (χ4n) is 1.49. The predicted octanol–water partition coefficient (Wildman–Crippen LogP) is 1.97. The molecule has 0 aliphatic carbocycles. The number of nitrogens with zero attached hydrogens (tertiary/aromatic N) is 1. The van der Waals surface area contributed by atoms with E-state index in [9.17, 15) is 9.90 Å². The zero-order valence-electron chi connectivity index (χ0n) is 9.92. The summed E-state index contributed by atoms with van der Waals surface area (Å²) in [4.78, 5) is 15.5. The number of aromatic hydroxyl groups is 1. The average molecular weight is 247 g/mol. The van der Waals surface area contributed by atoms with Crippen LogP contribution in [0.1, 0.15) is 17.2 Å². The summed E-state index contributed by atoms with van der Waals surface area (Å²) in [7, 11) is 0. The number of ether oxygens (including phenoxy) is 1. The molecule has 0 saturated heterocycles. The largest absolute Gasteiger partial charge is 0.508 e. The summed E-state index contributed by atoms with van der Waals surface area (Å²) in [5.74, 6) is 0.783. The standard InChI is InChI=1S/C13H13NO4/c1-9-7-14-12(18-9)8-17-13(16)6-10-3-2-4-11(15)5-10/h2-5,7,15H,6,8H2,1H3. The molecule has 5 heteroatoms. The molecule has 1 aromatic carbocycles. The number of phenols is 1. The lowest BCUT2D eigenvalue weighted by Crippen LogP contribution is -2.08. The first kappa shape index (κ1) is 12.2. The number of phenolic OH excluding ortho intramolecular Hbond substituents is 1. The van der Waals surface area contributed by atoms with Crippen LogP contribution in [0.2, 0.25) is 0 Å². The molecule has 0 radical (unpaired) electrons. The molecular weight excluding hydrogens is 234 g/mol. The van der Waals surface area contributed by atoms with Gasteiger partial charge in [-0.1, -0.05) is 12.1 Å². The van der Waals surface area contributed by atoms with Crippen molar-refractivity contribution in [1.82, 2.24) is 4.98 Å². The van der Waals surface area contributed by atoms with Crippen LogP contribution < -0.4 is 0 Å². The molecule has 0 aliphatic rings. The van der Waals surface area contributed by atoms with Gasteiger partial charge in [0.15, 0.2) is 6.61 Å². The maximum absolute atomic E-state index is 11.5. The second-order valence-corrected chi connectivity index (χ2v) is 3.87. The monoisotopic (exact) mass is 247 g/mol. The van der Waals surface area contributed by atoms with Crippen LogP contribution in [0.25, 0.3) is 0 Å². The molecule has 18 heavy (non-hydrogen) atoms. The van der Waals surface area contributed by atoms with Crippen LogP contribution in [0.5, 0.6) is 5.75 Å². The number of benzene rings is 1. The summed E-state index contributed by atoms with van der Waals surface area (Å²) in [5.41, 5.74) is 0.698. The molecule has 0 unspecified atom stereocenters. The van der Waals surface area contributed by atoms with Crippen molar-refractivity contribution < 1.29 is 19.1 Å². The van der Waals surface area contributed by atoms with Gasteiger partial charge in [0.05, 0.1) is 12.6 Å². The van der Waals surface area contributed by atoms with E-state index < -0.39 is 5.97 Å². The summed E-state index contributed by atoms with van der Waals surface area (Å²) in [5, 5.41) is 9.26. The SMILES string of the molecule is Cc1cnc(COC(=O)Cc2cccc(O)c2)o1. The minimum absolute atomic E-state index is 0.0193. The minimum atomic E-state index is -0.392. The van der Waals surface area contributed by atoms with Gasteiger partial charge in [-0.05, 0) is 24.6 Å². The number of carbonyl (C=O) groups excluding carboxylic acids is 1. The van der Waals surface area contributed by atoms with Gasteiger partial charge >= 0.3 is 5.97 Å². The van der Waals surface area contributed by atoms with E-state index in [-0.39, 0.29) is 18.8 Å². The highest BCUT2D eigenvalue weighted by Crippen LogP contribution is 2.12. The highest BCUT2D eigenvalue weighted by atomic mass is 16.5. The van der Waals surface area contributed by atoms with Gasteiger partial charge in [-0.3, -0.25) is 4.79 Å². The Labute approximate surface area is 104 Å². The Bertz CT molecular complexity index is 547. The lowest BCUT2D eigenvalue weighted by Gasteiger charge is -2.03. The van der Waals surface area contributed by atoms with Crippen molar-refractivity contribution in [1.29, 1.82) is 0 Å². The van der Waals surface area contributed by atoms with Crippen LogP contribution >= 0.6 is 0 Å². The maximum Gasteiger partial charge on any atom is 0.310 e. The van der Waals surface area contributed by atoms with Gasteiger partial charge in [0.2, 0.25) is 5.89 Å². The predicted molar refractivity (Wildman–Crippen MR) is 62.8 cm³/mol. The van der Waals surface area contributed by atoms with Crippen molar-refractivity contribution in [3.63, 3.8) is 0 Å². The molecule has 0 aliphatic heterocycles. The Morgan fingerprint density at radius 1 is 1.50 bits per heavy atom. The number of carbonyl (C=O) groups is 1. The second-order valence-electron chi connectivity index (χ2n) is 3.87. The Kier molecular flexibility index (Phi) is 3.62. The molecule has 0 saturated carbocycles. The van der Waals surface area contributed by atoms with Gasteiger partial charge in [0.1, 0.15) is 11.5 Å². The van der Waals surface area contributed by atoms with Crippen LogP contribution in [0.4, 0.5) is 0 Å². The number of rotatable bonds is 4. The van der Waals surface area contributed by atoms with Crippen molar-refractivity contribution in [2.75, 3.05) is 0 Å². The summed E-state index contributed by atoms with van der Waals surface area (Å²) < 4.78 is 10.2. The van der Waals surface area contributed by atoms with E-state index in [1.165, 1.54) is 6.07 Å². The Hall–Kier alpha value is -2.30. The third-order valence-corrected chi connectivity index (χ3v) is 2.28. The van der Waals surface area contributed by atoms with Crippen LogP contribution in [0.15, 0.2) is 34.9 Å². The van der Waals surface area contributed by atoms with Crippen molar-refractivity contribution in [2.45, 2.75) is 20.0 Å². The molecule has 1 aromatic heterocycles. The summed E-state index contributed by atoms with van der Waals surface area (Å²) >= 11 is 0. The third-order valence-electron chi connectivity index (χ3n) is 2.28. The van der Waals surface area contributed by atoms with E-state index in [2.05, 4.69) is 4.98 Å². The van der Waals surface area contributed by atoms with Crippen molar-refractivity contribution in [3.05, 3.63) is 47.7 Å². The van der Waals surface area contributed by atoms with E-state index in [1.807, 2.05) is 0 Å². The lowest BCUT2D eigenvalue weighted by molar-refractivity contribution is -0.144. The first-order valence-corrected chi connectivity index (χ1v) is 5.48.